The Morgan fingerprint density at radius 3 is 2.89 bits per heavy atom. The first-order chi connectivity index (χ1) is 9.15. The SMILES string of the molecule is O=C(CCc1cscn1)NCc1ccc(F)cc1F. The van der Waals surface area contributed by atoms with Crippen LogP contribution in [0.25, 0.3) is 0 Å². The largest absolute Gasteiger partial charge is 0.352 e. The molecule has 6 heteroatoms. The number of amides is 1. The second-order valence-corrected chi connectivity index (χ2v) is 4.71. The van der Waals surface area contributed by atoms with E-state index in [9.17, 15) is 13.6 Å². The maximum Gasteiger partial charge on any atom is 0.220 e. The smallest absolute Gasteiger partial charge is 0.220 e. The fraction of sp³-hybridized carbons (Fsp3) is 0.231. The predicted molar refractivity (Wildman–Crippen MR) is 68.6 cm³/mol. The van der Waals surface area contributed by atoms with Gasteiger partial charge in [-0.2, -0.15) is 0 Å². The minimum Gasteiger partial charge on any atom is -0.352 e. The Morgan fingerprint density at radius 2 is 2.21 bits per heavy atom. The summed E-state index contributed by atoms with van der Waals surface area (Å²) in [5.74, 6) is -1.47. The number of rotatable bonds is 5. The van der Waals surface area contributed by atoms with Gasteiger partial charge in [-0.1, -0.05) is 6.07 Å². The Morgan fingerprint density at radius 1 is 1.37 bits per heavy atom. The van der Waals surface area contributed by atoms with Gasteiger partial charge in [0.1, 0.15) is 11.6 Å². The number of hydrogen-bond acceptors (Lipinski definition) is 3. The van der Waals surface area contributed by atoms with Crippen LogP contribution in [0.4, 0.5) is 8.78 Å². The number of thiazole rings is 1. The summed E-state index contributed by atoms with van der Waals surface area (Å²) < 4.78 is 26.0. The zero-order chi connectivity index (χ0) is 13.7. The second kappa shape index (κ2) is 6.38. The molecule has 2 aromatic rings. The molecule has 0 aliphatic heterocycles. The van der Waals surface area contributed by atoms with Gasteiger partial charge in [-0.25, -0.2) is 13.8 Å². The van der Waals surface area contributed by atoms with Gasteiger partial charge in [-0.15, -0.1) is 11.3 Å². The van der Waals surface area contributed by atoms with Crippen molar-refractivity contribution in [3.05, 3.63) is 52.0 Å². The van der Waals surface area contributed by atoms with Crippen LogP contribution >= 0.6 is 11.3 Å². The normalized spacial score (nSPS) is 10.4. The lowest BCUT2D eigenvalue weighted by molar-refractivity contribution is -0.121. The molecule has 0 atom stereocenters. The molecule has 1 aromatic carbocycles. The topological polar surface area (TPSA) is 42.0 Å². The number of carbonyl (C=O) groups excluding carboxylic acids is 1. The molecule has 0 radical (unpaired) electrons. The van der Waals surface area contributed by atoms with E-state index in [4.69, 9.17) is 0 Å². The van der Waals surface area contributed by atoms with Gasteiger partial charge in [0.15, 0.2) is 0 Å². The molecular formula is C13H12F2N2OS. The van der Waals surface area contributed by atoms with E-state index in [1.165, 1.54) is 23.5 Å². The van der Waals surface area contributed by atoms with Crippen LogP contribution in [0.5, 0.6) is 0 Å². The third kappa shape index (κ3) is 4.10. The van der Waals surface area contributed by atoms with E-state index in [1.807, 2.05) is 5.38 Å². The molecule has 2 rings (SSSR count). The highest BCUT2D eigenvalue weighted by Gasteiger charge is 2.07. The summed E-state index contributed by atoms with van der Waals surface area (Å²) in [6, 6.07) is 3.29. The zero-order valence-corrected chi connectivity index (χ0v) is 10.8. The van der Waals surface area contributed by atoms with E-state index in [0.717, 1.165) is 11.8 Å². The summed E-state index contributed by atoms with van der Waals surface area (Å²) in [4.78, 5) is 15.6. The van der Waals surface area contributed by atoms with Gasteiger partial charge in [0.2, 0.25) is 5.91 Å². The number of aromatic nitrogens is 1. The van der Waals surface area contributed by atoms with Gasteiger partial charge >= 0.3 is 0 Å². The highest BCUT2D eigenvalue weighted by molar-refractivity contribution is 7.07. The third-order valence-electron chi connectivity index (χ3n) is 2.58. The number of carbonyl (C=O) groups is 1. The van der Waals surface area contributed by atoms with E-state index in [0.29, 0.717) is 12.8 Å². The van der Waals surface area contributed by atoms with Gasteiger partial charge in [-0.3, -0.25) is 4.79 Å². The molecule has 0 bridgehead atoms. The minimum atomic E-state index is -0.653. The first kappa shape index (κ1) is 13.6. The summed E-state index contributed by atoms with van der Waals surface area (Å²) in [6.07, 6.45) is 0.855. The van der Waals surface area contributed by atoms with Crippen LogP contribution in [0.15, 0.2) is 29.1 Å². The summed E-state index contributed by atoms with van der Waals surface area (Å²) in [6.45, 7) is 0.0576. The fourth-order valence-corrected chi connectivity index (χ4v) is 2.14. The lowest BCUT2D eigenvalue weighted by Crippen LogP contribution is -2.23. The van der Waals surface area contributed by atoms with Crippen molar-refractivity contribution in [1.29, 1.82) is 0 Å². The molecular weight excluding hydrogens is 270 g/mol. The van der Waals surface area contributed by atoms with E-state index >= 15 is 0 Å². The predicted octanol–water partition coefficient (Wildman–Crippen LogP) is 2.67. The van der Waals surface area contributed by atoms with E-state index in [1.54, 1.807) is 5.51 Å². The molecule has 0 unspecified atom stereocenters. The van der Waals surface area contributed by atoms with Gasteiger partial charge < -0.3 is 5.32 Å². The van der Waals surface area contributed by atoms with Crippen molar-refractivity contribution in [1.82, 2.24) is 10.3 Å². The van der Waals surface area contributed by atoms with Gasteiger partial charge in [0, 0.05) is 30.0 Å². The summed E-state index contributed by atoms with van der Waals surface area (Å²) in [7, 11) is 0. The number of hydrogen-bond donors (Lipinski definition) is 1. The Labute approximate surface area is 113 Å². The Hall–Kier alpha value is -1.82. The van der Waals surface area contributed by atoms with E-state index < -0.39 is 11.6 Å². The molecule has 0 saturated carbocycles. The molecule has 0 spiro atoms. The highest BCUT2D eigenvalue weighted by atomic mass is 32.1. The average Bonchev–Trinajstić information content (AvgIpc) is 2.88. The highest BCUT2D eigenvalue weighted by Crippen LogP contribution is 2.09. The van der Waals surface area contributed by atoms with Crippen molar-refractivity contribution in [2.75, 3.05) is 0 Å². The van der Waals surface area contributed by atoms with Gasteiger partial charge in [0.05, 0.1) is 11.2 Å². The third-order valence-corrected chi connectivity index (χ3v) is 3.22. The van der Waals surface area contributed by atoms with Crippen molar-refractivity contribution >= 4 is 17.2 Å². The van der Waals surface area contributed by atoms with Crippen LogP contribution in [-0.4, -0.2) is 10.9 Å². The van der Waals surface area contributed by atoms with Crippen molar-refractivity contribution in [2.45, 2.75) is 19.4 Å². The molecule has 0 saturated heterocycles. The maximum absolute atomic E-state index is 13.3. The average molecular weight is 282 g/mol. The van der Waals surface area contributed by atoms with Crippen molar-refractivity contribution in [3.8, 4) is 0 Å². The van der Waals surface area contributed by atoms with Crippen LogP contribution in [-0.2, 0) is 17.8 Å². The van der Waals surface area contributed by atoms with Crippen LogP contribution in [0.2, 0.25) is 0 Å². The summed E-state index contributed by atoms with van der Waals surface area (Å²) in [5, 5.41) is 4.48. The van der Waals surface area contributed by atoms with Crippen molar-refractivity contribution in [2.24, 2.45) is 0 Å². The lowest BCUT2D eigenvalue weighted by atomic mass is 10.2. The fourth-order valence-electron chi connectivity index (χ4n) is 1.55. The van der Waals surface area contributed by atoms with Crippen LogP contribution in [0.1, 0.15) is 17.7 Å². The van der Waals surface area contributed by atoms with Crippen molar-refractivity contribution in [3.63, 3.8) is 0 Å². The second-order valence-electron chi connectivity index (χ2n) is 3.99. The Bertz CT molecular complexity index is 558. The number of aryl methyl sites for hydroxylation is 1. The Kier molecular flexibility index (Phi) is 4.57. The molecule has 100 valence electrons. The first-order valence-corrected chi connectivity index (χ1v) is 6.67. The van der Waals surface area contributed by atoms with E-state index in [-0.39, 0.29) is 18.0 Å². The molecule has 1 aromatic heterocycles. The molecule has 1 N–H and O–H groups in total. The zero-order valence-electron chi connectivity index (χ0n) is 10.0. The van der Waals surface area contributed by atoms with Gasteiger partial charge in [-0.05, 0) is 12.5 Å². The molecule has 1 heterocycles. The summed E-state index contributed by atoms with van der Waals surface area (Å²) >= 11 is 1.48. The number of halogens is 2. The monoisotopic (exact) mass is 282 g/mol. The number of benzene rings is 1. The number of nitrogens with one attached hydrogen (secondary N) is 1. The summed E-state index contributed by atoms with van der Waals surface area (Å²) in [5.41, 5.74) is 2.85. The lowest BCUT2D eigenvalue weighted by Gasteiger charge is -2.06. The van der Waals surface area contributed by atoms with E-state index in [2.05, 4.69) is 10.3 Å². The quantitative estimate of drug-likeness (QED) is 0.916. The van der Waals surface area contributed by atoms with Crippen LogP contribution < -0.4 is 5.32 Å². The molecule has 19 heavy (non-hydrogen) atoms. The van der Waals surface area contributed by atoms with Crippen LogP contribution in [0, 0.1) is 11.6 Å². The minimum absolute atomic E-state index is 0.0576. The standard InChI is InChI=1S/C13H12F2N2OS/c14-10-2-1-9(12(15)5-10)6-16-13(18)4-3-11-7-19-8-17-11/h1-2,5,7-8H,3-4,6H2,(H,16,18). The van der Waals surface area contributed by atoms with Crippen LogP contribution in [0.3, 0.4) is 0 Å². The van der Waals surface area contributed by atoms with Crippen molar-refractivity contribution < 1.29 is 13.6 Å². The maximum atomic E-state index is 13.3. The molecule has 3 nitrogen and oxygen atoms in total. The first-order valence-electron chi connectivity index (χ1n) is 5.73. The number of nitrogens with zero attached hydrogens (tertiary/aromatic N) is 1. The molecule has 0 aliphatic carbocycles. The molecule has 0 aliphatic rings. The molecule has 0 fully saturated rings. The Balaban J connectivity index is 1.80. The van der Waals surface area contributed by atoms with Gasteiger partial charge in [0.25, 0.3) is 0 Å². The molecule has 1 amide bonds.